The fourth-order valence-corrected chi connectivity index (χ4v) is 8.87. The Bertz CT molecular complexity index is 1740. The van der Waals surface area contributed by atoms with Gasteiger partial charge in [-0.25, -0.2) is 19.4 Å². The first kappa shape index (κ1) is 35.6. The quantitative estimate of drug-likeness (QED) is 0.130. The summed E-state index contributed by atoms with van der Waals surface area (Å²) in [6.07, 6.45) is 11.3. The van der Waals surface area contributed by atoms with Crippen LogP contribution in [0.25, 0.3) is 5.82 Å². The molecule has 6 rings (SSSR count). The fourth-order valence-electron chi connectivity index (χ4n) is 7.70. The molecule has 0 radical (unpaired) electrons. The van der Waals surface area contributed by atoms with Crippen LogP contribution >= 0.6 is 11.6 Å². The highest BCUT2D eigenvalue weighted by Gasteiger charge is 2.43. The van der Waals surface area contributed by atoms with Crippen molar-refractivity contribution in [1.29, 1.82) is 0 Å². The van der Waals surface area contributed by atoms with E-state index in [4.69, 9.17) is 16.3 Å². The average Bonchev–Trinajstić information content (AvgIpc) is 3.97. The van der Waals surface area contributed by atoms with Crippen LogP contribution in [0.1, 0.15) is 96.3 Å². The van der Waals surface area contributed by atoms with Crippen molar-refractivity contribution in [2.75, 3.05) is 25.0 Å². The molecule has 2 N–H and O–H groups in total. The van der Waals surface area contributed by atoms with E-state index in [0.29, 0.717) is 36.6 Å². The largest absolute Gasteiger partial charge is 0.477 e. The minimum Gasteiger partial charge on any atom is -0.477 e. The molecule has 1 unspecified atom stereocenters. The zero-order valence-corrected chi connectivity index (χ0v) is 30.9. The van der Waals surface area contributed by atoms with E-state index in [1.165, 1.54) is 42.5 Å². The van der Waals surface area contributed by atoms with E-state index in [0.717, 1.165) is 50.0 Å². The van der Waals surface area contributed by atoms with Crippen molar-refractivity contribution >= 4 is 33.3 Å². The van der Waals surface area contributed by atoms with Crippen LogP contribution in [-0.4, -0.2) is 69.7 Å². The van der Waals surface area contributed by atoms with E-state index in [-0.39, 0.29) is 26.8 Å². The van der Waals surface area contributed by atoms with Gasteiger partial charge in [-0.2, -0.15) is 8.42 Å². The van der Waals surface area contributed by atoms with Crippen molar-refractivity contribution < 1.29 is 17.9 Å². The summed E-state index contributed by atoms with van der Waals surface area (Å²) in [5.41, 5.74) is 0.207. The molecule has 3 fully saturated rings. The Morgan fingerprint density at radius 2 is 1.82 bits per heavy atom. The third-order valence-electron chi connectivity index (χ3n) is 10.1. The number of nitrogens with one attached hydrogen (secondary N) is 2. The molecule has 4 heterocycles. The van der Waals surface area contributed by atoms with Crippen LogP contribution in [0.5, 0.6) is 5.88 Å². The summed E-state index contributed by atoms with van der Waals surface area (Å²) in [5.74, 6) is 3.51. The number of nitrogens with zero attached hydrogens (tertiary/aromatic N) is 5. The lowest BCUT2D eigenvalue weighted by Gasteiger charge is -2.42. The van der Waals surface area contributed by atoms with Crippen molar-refractivity contribution in [3.05, 3.63) is 53.3 Å². The Morgan fingerprint density at radius 3 is 2.47 bits per heavy atom. The molecule has 49 heavy (non-hydrogen) atoms. The molecule has 1 aliphatic heterocycles. The number of amides is 1. The van der Waals surface area contributed by atoms with Gasteiger partial charge in [0.2, 0.25) is 5.88 Å². The lowest BCUT2D eigenvalue weighted by molar-refractivity contribution is 0.0670. The first-order chi connectivity index (χ1) is 23.2. The van der Waals surface area contributed by atoms with Gasteiger partial charge in [0, 0.05) is 36.4 Å². The van der Waals surface area contributed by atoms with Gasteiger partial charge in [-0.05, 0) is 134 Å². The molecule has 1 amide bonds. The molecule has 2 aliphatic carbocycles. The van der Waals surface area contributed by atoms with Crippen LogP contribution in [0.4, 0.5) is 5.82 Å². The first-order valence-electron chi connectivity index (χ1n) is 17.6. The van der Waals surface area contributed by atoms with Gasteiger partial charge in [0.05, 0.1) is 12.2 Å². The second-order valence-electron chi connectivity index (χ2n) is 15.6. The van der Waals surface area contributed by atoms with Crippen molar-refractivity contribution in [3.63, 3.8) is 0 Å². The number of rotatable bonds is 15. The predicted octanol–water partition coefficient (Wildman–Crippen LogP) is 6.73. The summed E-state index contributed by atoms with van der Waals surface area (Å²) in [5, 5.41) is 7.26. The molecule has 0 bridgehead atoms. The zero-order valence-electron chi connectivity index (χ0n) is 29.3. The molecule has 1 atom stereocenters. The minimum atomic E-state index is -4.28. The molecule has 3 aromatic rings. The number of ether oxygens (including phenoxy) is 1. The van der Waals surface area contributed by atoms with Gasteiger partial charge in [0.1, 0.15) is 11.0 Å². The van der Waals surface area contributed by atoms with E-state index in [2.05, 4.69) is 64.6 Å². The average molecular weight is 712 g/mol. The molecule has 1 saturated heterocycles. The SMILES string of the molecule is CC(C)(C)N1CC(CCCNc2cccc(S(=O)(=O)NC(=O)c3ccc(-n4ccc(OCCC(C5CC5)C5CC5)n4)nc3Cl)n2)CC1(C)C. The van der Waals surface area contributed by atoms with Crippen molar-refractivity contribution in [1.82, 2.24) is 29.4 Å². The topological polar surface area (TPSA) is 131 Å². The normalized spacial score (nSPS) is 19.7. The number of likely N-dealkylation sites (tertiary alicyclic amines) is 1. The van der Waals surface area contributed by atoms with Crippen LogP contribution in [0.2, 0.25) is 5.15 Å². The monoisotopic (exact) mass is 711 g/mol. The molecule has 3 aromatic heterocycles. The maximum absolute atomic E-state index is 13.1. The van der Waals surface area contributed by atoms with Gasteiger partial charge in [-0.1, -0.05) is 17.7 Å². The van der Waals surface area contributed by atoms with Gasteiger partial charge in [0.15, 0.2) is 10.8 Å². The number of pyridine rings is 2. The fraction of sp³-hybridized carbons (Fsp3) is 0.611. The van der Waals surface area contributed by atoms with E-state index in [1.54, 1.807) is 30.5 Å². The number of sulfonamides is 1. The second kappa shape index (κ2) is 14.2. The van der Waals surface area contributed by atoms with Crippen LogP contribution in [0.3, 0.4) is 0 Å². The maximum atomic E-state index is 13.1. The number of halogens is 1. The number of hydrogen-bond acceptors (Lipinski definition) is 9. The van der Waals surface area contributed by atoms with E-state index < -0.39 is 15.9 Å². The first-order valence-corrected chi connectivity index (χ1v) is 19.5. The standard InChI is InChI=1S/C36H50ClN7O4S/c1-35(2,3)44-23-24(22-36(44,4)5)8-7-19-38-29-9-6-10-32(39-29)49(46,47)42-34(45)28-15-16-30(40-33(28)37)43-20-17-31(41-43)48-21-18-27(25-11-12-25)26-13-14-26/h6,9-10,15-17,20,24-27H,7-8,11-14,18-19,21-23H2,1-5H3,(H,38,39)(H,42,45). The summed E-state index contributed by atoms with van der Waals surface area (Å²) < 4.78 is 35.8. The lowest BCUT2D eigenvalue weighted by atomic mass is 9.92. The number of carbonyl (C=O) groups excluding carboxylic acids is 1. The highest BCUT2D eigenvalue weighted by molar-refractivity contribution is 7.90. The van der Waals surface area contributed by atoms with Gasteiger partial charge in [-0.3, -0.25) is 9.69 Å². The Labute approximate surface area is 295 Å². The Balaban J connectivity index is 0.992. The number of anilines is 1. The van der Waals surface area contributed by atoms with Gasteiger partial charge in [0.25, 0.3) is 15.9 Å². The Kier molecular flexibility index (Phi) is 10.3. The molecular formula is C36H50ClN7O4S. The van der Waals surface area contributed by atoms with Crippen LogP contribution in [0.15, 0.2) is 47.6 Å². The molecule has 2 saturated carbocycles. The number of aromatic nitrogens is 4. The zero-order chi connectivity index (χ0) is 35.0. The maximum Gasteiger partial charge on any atom is 0.281 e. The molecule has 0 spiro atoms. The van der Waals surface area contributed by atoms with Crippen LogP contribution in [0, 0.1) is 23.7 Å². The Morgan fingerprint density at radius 1 is 1.08 bits per heavy atom. The second-order valence-corrected chi connectivity index (χ2v) is 17.6. The highest BCUT2D eigenvalue weighted by atomic mass is 35.5. The molecule has 13 heteroatoms. The van der Waals surface area contributed by atoms with Gasteiger partial charge >= 0.3 is 0 Å². The third-order valence-corrected chi connectivity index (χ3v) is 11.6. The molecule has 266 valence electrons. The molecule has 0 aromatic carbocycles. The Hall–Kier alpha value is -3.22. The van der Waals surface area contributed by atoms with Gasteiger partial charge < -0.3 is 10.1 Å². The summed E-state index contributed by atoms with van der Waals surface area (Å²) in [7, 11) is -4.28. The third kappa shape index (κ3) is 8.93. The smallest absolute Gasteiger partial charge is 0.281 e. The summed E-state index contributed by atoms with van der Waals surface area (Å²) in [4.78, 5) is 24.2. The van der Waals surface area contributed by atoms with E-state index in [9.17, 15) is 13.2 Å². The van der Waals surface area contributed by atoms with Crippen LogP contribution in [-0.2, 0) is 10.0 Å². The molecular weight excluding hydrogens is 662 g/mol. The predicted molar refractivity (Wildman–Crippen MR) is 191 cm³/mol. The summed E-state index contributed by atoms with van der Waals surface area (Å²) >= 11 is 6.37. The van der Waals surface area contributed by atoms with Crippen molar-refractivity contribution in [2.45, 2.75) is 102 Å². The number of carbonyl (C=O) groups is 1. The molecule has 11 nitrogen and oxygen atoms in total. The van der Waals surface area contributed by atoms with Crippen LogP contribution < -0.4 is 14.8 Å². The van der Waals surface area contributed by atoms with Crippen molar-refractivity contribution in [2.24, 2.45) is 23.7 Å². The lowest BCUT2D eigenvalue weighted by Crippen LogP contribution is -2.50. The highest BCUT2D eigenvalue weighted by Crippen LogP contribution is 2.50. The summed E-state index contributed by atoms with van der Waals surface area (Å²) in [6, 6.07) is 9.39. The van der Waals surface area contributed by atoms with E-state index in [1.807, 2.05) is 0 Å². The number of hydrogen-bond donors (Lipinski definition) is 2. The van der Waals surface area contributed by atoms with Crippen molar-refractivity contribution in [3.8, 4) is 11.7 Å². The van der Waals surface area contributed by atoms with Gasteiger partial charge in [-0.15, -0.1) is 5.10 Å². The summed E-state index contributed by atoms with van der Waals surface area (Å²) in [6.45, 7) is 13.8. The minimum absolute atomic E-state index is 0.0850. The van der Waals surface area contributed by atoms with E-state index >= 15 is 0 Å². The molecule has 3 aliphatic rings.